The van der Waals surface area contributed by atoms with Gasteiger partial charge >= 0.3 is 0 Å². The lowest BCUT2D eigenvalue weighted by atomic mass is 9.82. The monoisotopic (exact) mass is 294 g/mol. The second kappa shape index (κ2) is 7.92. The van der Waals surface area contributed by atoms with Crippen LogP contribution in [0.3, 0.4) is 0 Å². The smallest absolute Gasteiger partial charge is 0.234 e. The molecule has 1 aliphatic heterocycles. The lowest BCUT2D eigenvalue weighted by Crippen LogP contribution is -2.45. The molecule has 2 aliphatic rings. The Morgan fingerprint density at radius 3 is 2.81 bits per heavy atom. The Bertz CT molecular complexity index is 368. The third-order valence-electron chi connectivity index (χ3n) is 4.87. The van der Waals surface area contributed by atoms with Gasteiger partial charge in [-0.05, 0) is 44.6 Å². The summed E-state index contributed by atoms with van der Waals surface area (Å²) in [4.78, 5) is 26.4. The Hall–Kier alpha value is -0.900. The number of amides is 1. The minimum absolute atomic E-state index is 0.116. The van der Waals surface area contributed by atoms with Crippen LogP contribution in [0.4, 0.5) is 0 Å². The predicted octanol–water partition coefficient (Wildman–Crippen LogP) is 2.37. The van der Waals surface area contributed by atoms with E-state index in [0.717, 1.165) is 51.6 Å². The zero-order valence-electron chi connectivity index (χ0n) is 13.6. The number of nitrogens with one attached hydrogen (secondary N) is 1. The maximum atomic E-state index is 12.1. The molecule has 1 saturated carbocycles. The highest BCUT2D eigenvalue weighted by Crippen LogP contribution is 2.32. The second-order valence-electron chi connectivity index (χ2n) is 7.03. The van der Waals surface area contributed by atoms with Gasteiger partial charge in [0.05, 0.1) is 6.54 Å². The molecular weight excluding hydrogens is 264 g/mol. The van der Waals surface area contributed by atoms with E-state index < -0.39 is 0 Å². The van der Waals surface area contributed by atoms with Crippen LogP contribution in [0, 0.1) is 11.8 Å². The second-order valence-corrected chi connectivity index (χ2v) is 7.03. The molecule has 2 fully saturated rings. The van der Waals surface area contributed by atoms with Crippen molar-refractivity contribution in [3.8, 4) is 0 Å². The van der Waals surface area contributed by atoms with Crippen molar-refractivity contribution in [1.82, 2.24) is 10.2 Å². The summed E-state index contributed by atoms with van der Waals surface area (Å²) in [5.41, 5.74) is 0. The molecule has 2 unspecified atom stereocenters. The summed E-state index contributed by atoms with van der Waals surface area (Å²) in [5, 5.41) is 3.01. The van der Waals surface area contributed by atoms with Gasteiger partial charge in [0.15, 0.2) is 0 Å². The van der Waals surface area contributed by atoms with Crippen LogP contribution in [0.5, 0.6) is 0 Å². The summed E-state index contributed by atoms with van der Waals surface area (Å²) < 4.78 is 0. The van der Waals surface area contributed by atoms with Gasteiger partial charge in [-0.3, -0.25) is 14.5 Å². The van der Waals surface area contributed by atoms with Gasteiger partial charge in [0, 0.05) is 24.9 Å². The third-order valence-corrected chi connectivity index (χ3v) is 4.87. The molecule has 120 valence electrons. The van der Waals surface area contributed by atoms with Crippen molar-refractivity contribution < 1.29 is 9.59 Å². The number of Topliss-reactive ketones (excluding diaryl/α,β-unsaturated/α-hetero) is 1. The van der Waals surface area contributed by atoms with E-state index in [1.165, 1.54) is 6.42 Å². The molecule has 0 radical (unpaired) electrons. The van der Waals surface area contributed by atoms with Gasteiger partial charge in [0.2, 0.25) is 5.91 Å². The quantitative estimate of drug-likeness (QED) is 0.818. The van der Waals surface area contributed by atoms with Crippen LogP contribution >= 0.6 is 0 Å². The molecule has 1 aliphatic carbocycles. The fraction of sp³-hybridized carbons (Fsp3) is 0.882. The first kappa shape index (κ1) is 16.5. The molecule has 2 rings (SSSR count). The summed E-state index contributed by atoms with van der Waals surface area (Å²) in [6.45, 7) is 6.52. The average Bonchev–Trinajstić information content (AvgIpc) is 2.86. The Morgan fingerprint density at radius 1 is 1.29 bits per heavy atom. The van der Waals surface area contributed by atoms with E-state index in [9.17, 15) is 9.59 Å². The lowest BCUT2D eigenvalue weighted by molar-refractivity contribution is -0.128. The number of hydrogen-bond donors (Lipinski definition) is 1. The van der Waals surface area contributed by atoms with Crippen molar-refractivity contribution in [3.05, 3.63) is 0 Å². The van der Waals surface area contributed by atoms with Crippen LogP contribution < -0.4 is 5.32 Å². The Morgan fingerprint density at radius 2 is 2.10 bits per heavy atom. The molecule has 4 heteroatoms. The molecule has 2 atom stereocenters. The molecule has 1 heterocycles. The van der Waals surface area contributed by atoms with Crippen LogP contribution in [-0.2, 0) is 9.59 Å². The zero-order chi connectivity index (χ0) is 15.2. The van der Waals surface area contributed by atoms with Crippen LogP contribution in [-0.4, -0.2) is 42.3 Å². The third kappa shape index (κ3) is 4.80. The molecule has 0 aromatic heterocycles. The standard InChI is InChI=1S/C17H30N2O2/c1-13(2)9-10-18-17(21)12-19-11-5-7-15(19)14-6-3-4-8-16(14)20/h13-15H,3-12H2,1-2H3,(H,18,21). The molecule has 21 heavy (non-hydrogen) atoms. The van der Waals surface area contributed by atoms with Crippen molar-refractivity contribution in [3.63, 3.8) is 0 Å². The van der Waals surface area contributed by atoms with Crippen molar-refractivity contribution in [2.24, 2.45) is 11.8 Å². The summed E-state index contributed by atoms with van der Waals surface area (Å²) in [6, 6.07) is 0.314. The van der Waals surface area contributed by atoms with E-state index in [1.54, 1.807) is 0 Å². The fourth-order valence-electron chi connectivity index (χ4n) is 3.66. The van der Waals surface area contributed by atoms with E-state index in [4.69, 9.17) is 0 Å². The largest absolute Gasteiger partial charge is 0.355 e. The van der Waals surface area contributed by atoms with Gasteiger partial charge in [-0.25, -0.2) is 0 Å². The van der Waals surface area contributed by atoms with Crippen LogP contribution in [0.2, 0.25) is 0 Å². The first-order valence-electron chi connectivity index (χ1n) is 8.61. The number of nitrogens with zero attached hydrogens (tertiary/aromatic N) is 1. The highest BCUT2D eigenvalue weighted by molar-refractivity contribution is 5.82. The fourth-order valence-corrected chi connectivity index (χ4v) is 3.66. The number of rotatable bonds is 6. The number of hydrogen-bond acceptors (Lipinski definition) is 3. The normalized spacial score (nSPS) is 27.3. The van der Waals surface area contributed by atoms with Gasteiger partial charge in [-0.15, -0.1) is 0 Å². The first-order chi connectivity index (χ1) is 10.1. The van der Waals surface area contributed by atoms with Gasteiger partial charge in [0.25, 0.3) is 0 Å². The maximum Gasteiger partial charge on any atom is 0.234 e. The lowest BCUT2D eigenvalue weighted by Gasteiger charge is -2.32. The van der Waals surface area contributed by atoms with Crippen LogP contribution in [0.25, 0.3) is 0 Å². The van der Waals surface area contributed by atoms with Crippen molar-refractivity contribution in [2.75, 3.05) is 19.6 Å². The molecule has 1 N–H and O–H groups in total. The molecule has 4 nitrogen and oxygen atoms in total. The minimum Gasteiger partial charge on any atom is -0.355 e. The van der Waals surface area contributed by atoms with Gasteiger partial charge in [-0.1, -0.05) is 20.3 Å². The summed E-state index contributed by atoms with van der Waals surface area (Å²) in [6.07, 6.45) is 7.21. The zero-order valence-corrected chi connectivity index (χ0v) is 13.6. The Balaban J connectivity index is 1.81. The summed E-state index contributed by atoms with van der Waals surface area (Å²) in [5.74, 6) is 1.35. The van der Waals surface area contributed by atoms with Crippen LogP contribution in [0.1, 0.15) is 58.8 Å². The number of carbonyl (C=O) groups excluding carboxylic acids is 2. The SMILES string of the molecule is CC(C)CCNC(=O)CN1CCCC1C1CCCCC1=O. The molecule has 0 spiro atoms. The number of carbonyl (C=O) groups is 2. The van der Waals surface area contributed by atoms with Gasteiger partial charge < -0.3 is 5.32 Å². The molecular formula is C17H30N2O2. The maximum absolute atomic E-state index is 12.1. The van der Waals surface area contributed by atoms with Gasteiger partial charge in [0.1, 0.15) is 5.78 Å². The molecule has 1 saturated heterocycles. The summed E-state index contributed by atoms with van der Waals surface area (Å²) >= 11 is 0. The first-order valence-corrected chi connectivity index (χ1v) is 8.61. The topological polar surface area (TPSA) is 49.4 Å². The molecule has 0 bridgehead atoms. The van der Waals surface area contributed by atoms with Crippen LogP contribution in [0.15, 0.2) is 0 Å². The van der Waals surface area contributed by atoms with Crippen molar-refractivity contribution in [1.29, 1.82) is 0 Å². The van der Waals surface area contributed by atoms with E-state index in [0.29, 0.717) is 24.3 Å². The van der Waals surface area contributed by atoms with E-state index in [1.807, 2.05) is 0 Å². The minimum atomic E-state index is 0.116. The highest BCUT2D eigenvalue weighted by Gasteiger charge is 2.37. The average molecular weight is 294 g/mol. The Kier molecular flexibility index (Phi) is 6.22. The Labute approximate surface area is 128 Å². The molecule has 1 amide bonds. The van der Waals surface area contributed by atoms with Crippen molar-refractivity contribution >= 4 is 11.7 Å². The van der Waals surface area contributed by atoms with Crippen molar-refractivity contribution in [2.45, 2.75) is 64.8 Å². The van der Waals surface area contributed by atoms with Gasteiger partial charge in [-0.2, -0.15) is 0 Å². The molecule has 0 aromatic carbocycles. The van der Waals surface area contributed by atoms with E-state index >= 15 is 0 Å². The predicted molar refractivity (Wildman–Crippen MR) is 84.0 cm³/mol. The highest BCUT2D eigenvalue weighted by atomic mass is 16.2. The summed E-state index contributed by atoms with van der Waals surface area (Å²) in [7, 11) is 0. The number of likely N-dealkylation sites (tertiary alicyclic amines) is 1. The number of ketones is 1. The van der Waals surface area contributed by atoms with E-state index in [2.05, 4.69) is 24.1 Å². The van der Waals surface area contributed by atoms with E-state index in [-0.39, 0.29) is 11.8 Å². The molecule has 0 aromatic rings.